The van der Waals surface area contributed by atoms with Gasteiger partial charge in [0.15, 0.2) is 0 Å². The topological polar surface area (TPSA) is 41.8 Å². The highest BCUT2D eigenvalue weighted by Gasteiger charge is 2.16. The number of halogens is 1. The molecule has 2 aromatic rings. The normalized spacial score (nSPS) is 15.8. The standard InChI is InChI=1S/C17H16FNO2/c18-14-7-4-12(5-8-14)11-21-15-9-6-13-2-1-3-17(19-20)16(13)10-15/h4-10,20H,1-3,11H2/b19-17-. The number of oxime groups is 1. The zero-order chi connectivity index (χ0) is 14.7. The van der Waals surface area contributed by atoms with Crippen molar-refractivity contribution < 1.29 is 14.3 Å². The number of ether oxygens (including phenoxy) is 1. The average Bonchev–Trinajstić information content (AvgIpc) is 2.53. The van der Waals surface area contributed by atoms with Gasteiger partial charge in [-0.2, -0.15) is 0 Å². The first kappa shape index (κ1) is 13.6. The van der Waals surface area contributed by atoms with Gasteiger partial charge in [0, 0.05) is 5.56 Å². The van der Waals surface area contributed by atoms with Crippen molar-refractivity contribution in [2.45, 2.75) is 25.9 Å². The van der Waals surface area contributed by atoms with Crippen LogP contribution in [0.4, 0.5) is 4.39 Å². The Morgan fingerprint density at radius 1 is 1.10 bits per heavy atom. The fraction of sp³-hybridized carbons (Fsp3) is 0.235. The van der Waals surface area contributed by atoms with Crippen LogP contribution in [0.5, 0.6) is 5.75 Å². The molecule has 1 aliphatic carbocycles. The van der Waals surface area contributed by atoms with Crippen LogP contribution < -0.4 is 4.74 Å². The molecule has 0 amide bonds. The molecular formula is C17H16FNO2. The first-order valence-electron chi connectivity index (χ1n) is 6.98. The highest BCUT2D eigenvalue weighted by Crippen LogP contribution is 2.26. The van der Waals surface area contributed by atoms with E-state index < -0.39 is 0 Å². The summed E-state index contributed by atoms with van der Waals surface area (Å²) in [6, 6.07) is 12.1. The first-order chi connectivity index (χ1) is 10.3. The molecule has 0 saturated carbocycles. The molecule has 0 bridgehead atoms. The summed E-state index contributed by atoms with van der Waals surface area (Å²) in [4.78, 5) is 0. The number of hydrogen-bond acceptors (Lipinski definition) is 3. The Bertz CT molecular complexity index is 665. The van der Waals surface area contributed by atoms with Crippen LogP contribution >= 0.6 is 0 Å². The summed E-state index contributed by atoms with van der Waals surface area (Å²) in [7, 11) is 0. The van der Waals surface area contributed by atoms with E-state index in [1.165, 1.54) is 17.7 Å². The van der Waals surface area contributed by atoms with Gasteiger partial charge in [-0.25, -0.2) is 4.39 Å². The van der Waals surface area contributed by atoms with Gasteiger partial charge in [-0.15, -0.1) is 0 Å². The highest BCUT2D eigenvalue weighted by molar-refractivity contribution is 6.02. The molecule has 3 rings (SSSR count). The number of benzene rings is 2. The molecule has 0 atom stereocenters. The van der Waals surface area contributed by atoms with Gasteiger partial charge < -0.3 is 9.94 Å². The number of aryl methyl sites for hydroxylation is 1. The molecule has 0 unspecified atom stereocenters. The second kappa shape index (κ2) is 5.95. The van der Waals surface area contributed by atoms with Crippen molar-refractivity contribution in [2.24, 2.45) is 5.16 Å². The molecule has 0 radical (unpaired) electrons. The van der Waals surface area contributed by atoms with Crippen LogP contribution in [0, 0.1) is 5.82 Å². The van der Waals surface area contributed by atoms with Crippen molar-refractivity contribution in [1.82, 2.24) is 0 Å². The lowest BCUT2D eigenvalue weighted by Gasteiger charge is -2.18. The second-order valence-electron chi connectivity index (χ2n) is 5.13. The zero-order valence-corrected chi connectivity index (χ0v) is 11.6. The Hall–Kier alpha value is -2.36. The minimum Gasteiger partial charge on any atom is -0.489 e. The van der Waals surface area contributed by atoms with Gasteiger partial charge in [0.05, 0.1) is 5.71 Å². The lowest BCUT2D eigenvalue weighted by Crippen LogP contribution is -2.12. The summed E-state index contributed by atoms with van der Waals surface area (Å²) < 4.78 is 18.6. The van der Waals surface area contributed by atoms with E-state index in [1.54, 1.807) is 12.1 Å². The molecule has 21 heavy (non-hydrogen) atoms. The Balaban J connectivity index is 1.76. The molecule has 0 aromatic heterocycles. The van der Waals surface area contributed by atoms with E-state index in [0.717, 1.165) is 36.1 Å². The number of fused-ring (bicyclic) bond motifs is 1. The smallest absolute Gasteiger partial charge is 0.123 e. The molecular weight excluding hydrogens is 269 g/mol. The summed E-state index contributed by atoms with van der Waals surface area (Å²) in [5, 5.41) is 12.5. The Morgan fingerprint density at radius 3 is 2.67 bits per heavy atom. The minimum absolute atomic E-state index is 0.253. The van der Waals surface area contributed by atoms with E-state index in [0.29, 0.717) is 12.3 Å². The summed E-state index contributed by atoms with van der Waals surface area (Å²) in [5.74, 6) is 0.470. The van der Waals surface area contributed by atoms with E-state index >= 15 is 0 Å². The van der Waals surface area contributed by atoms with E-state index in [-0.39, 0.29) is 5.82 Å². The van der Waals surface area contributed by atoms with Crippen LogP contribution in [-0.4, -0.2) is 10.9 Å². The monoisotopic (exact) mass is 285 g/mol. The van der Waals surface area contributed by atoms with Crippen LogP contribution in [0.3, 0.4) is 0 Å². The molecule has 0 saturated heterocycles. The Labute approximate surface area is 122 Å². The third-order valence-corrected chi connectivity index (χ3v) is 3.69. The van der Waals surface area contributed by atoms with Gasteiger partial charge in [-0.1, -0.05) is 23.4 Å². The van der Waals surface area contributed by atoms with Gasteiger partial charge in [0.1, 0.15) is 18.2 Å². The second-order valence-corrected chi connectivity index (χ2v) is 5.13. The molecule has 0 heterocycles. The first-order valence-corrected chi connectivity index (χ1v) is 6.98. The van der Waals surface area contributed by atoms with Crippen LogP contribution in [-0.2, 0) is 13.0 Å². The minimum atomic E-state index is -0.253. The summed E-state index contributed by atoms with van der Waals surface area (Å²) in [6.45, 7) is 0.380. The van der Waals surface area contributed by atoms with E-state index in [4.69, 9.17) is 9.94 Å². The van der Waals surface area contributed by atoms with E-state index in [9.17, 15) is 4.39 Å². The average molecular weight is 285 g/mol. The van der Waals surface area contributed by atoms with Crippen LogP contribution in [0.2, 0.25) is 0 Å². The van der Waals surface area contributed by atoms with E-state index in [1.807, 2.05) is 18.2 Å². The molecule has 0 fully saturated rings. The molecule has 4 heteroatoms. The van der Waals surface area contributed by atoms with Crippen molar-refractivity contribution >= 4 is 5.71 Å². The summed E-state index contributed by atoms with van der Waals surface area (Å²) in [5.41, 5.74) is 3.76. The SMILES string of the molecule is O/N=C1/CCCc2ccc(OCc3ccc(F)cc3)cc21. The number of nitrogens with zero attached hydrogens (tertiary/aromatic N) is 1. The third-order valence-electron chi connectivity index (χ3n) is 3.69. The Kier molecular flexibility index (Phi) is 3.86. The molecule has 3 nitrogen and oxygen atoms in total. The molecule has 2 aromatic carbocycles. The quantitative estimate of drug-likeness (QED) is 0.686. The van der Waals surface area contributed by atoms with E-state index in [2.05, 4.69) is 5.16 Å². The van der Waals surface area contributed by atoms with Gasteiger partial charge in [0.2, 0.25) is 0 Å². The maximum atomic E-state index is 12.8. The van der Waals surface area contributed by atoms with Crippen LogP contribution in [0.25, 0.3) is 0 Å². The molecule has 1 N–H and O–H groups in total. The van der Waals surface area contributed by atoms with Gasteiger partial charge in [-0.3, -0.25) is 0 Å². The maximum Gasteiger partial charge on any atom is 0.123 e. The zero-order valence-electron chi connectivity index (χ0n) is 11.6. The fourth-order valence-electron chi connectivity index (χ4n) is 2.56. The molecule has 0 aliphatic heterocycles. The lowest BCUT2D eigenvalue weighted by molar-refractivity contribution is 0.305. The van der Waals surface area contributed by atoms with Gasteiger partial charge >= 0.3 is 0 Å². The van der Waals surface area contributed by atoms with Crippen molar-refractivity contribution in [3.8, 4) is 5.75 Å². The highest BCUT2D eigenvalue weighted by atomic mass is 19.1. The number of hydrogen-bond donors (Lipinski definition) is 1. The van der Waals surface area contributed by atoms with Gasteiger partial charge in [0.25, 0.3) is 0 Å². The predicted octanol–water partition coefficient (Wildman–Crippen LogP) is 3.92. The van der Waals surface area contributed by atoms with Crippen LogP contribution in [0.15, 0.2) is 47.6 Å². The van der Waals surface area contributed by atoms with Crippen molar-refractivity contribution in [3.63, 3.8) is 0 Å². The van der Waals surface area contributed by atoms with Crippen molar-refractivity contribution in [2.75, 3.05) is 0 Å². The summed E-state index contributed by atoms with van der Waals surface area (Å²) >= 11 is 0. The maximum absolute atomic E-state index is 12.8. The predicted molar refractivity (Wildman–Crippen MR) is 78.4 cm³/mol. The van der Waals surface area contributed by atoms with Gasteiger partial charge in [-0.05, 0) is 54.7 Å². The molecule has 108 valence electrons. The van der Waals surface area contributed by atoms with Crippen molar-refractivity contribution in [1.29, 1.82) is 0 Å². The Morgan fingerprint density at radius 2 is 1.90 bits per heavy atom. The third kappa shape index (κ3) is 3.05. The number of rotatable bonds is 3. The van der Waals surface area contributed by atoms with Crippen LogP contribution in [0.1, 0.15) is 29.5 Å². The van der Waals surface area contributed by atoms with Crippen molar-refractivity contribution in [3.05, 3.63) is 65.0 Å². The fourth-order valence-corrected chi connectivity index (χ4v) is 2.56. The lowest BCUT2D eigenvalue weighted by atomic mass is 9.90. The largest absolute Gasteiger partial charge is 0.489 e. The molecule has 1 aliphatic rings. The summed E-state index contributed by atoms with van der Waals surface area (Å²) in [6.07, 6.45) is 2.78. The molecule has 0 spiro atoms.